The number of nitro benzene ring substituents is 1. The number of nitrogens with zero attached hydrogens (tertiary/aromatic N) is 4. The number of hydrogen-bond acceptors (Lipinski definition) is 7. The highest BCUT2D eigenvalue weighted by molar-refractivity contribution is 7.89. The number of likely N-dealkylation sites (N-methyl/N-ethyl adjacent to an activating group) is 1. The number of rotatable bonds is 6. The topological polar surface area (TPSA) is 116 Å². The van der Waals surface area contributed by atoms with E-state index in [2.05, 4.69) is 5.32 Å². The number of amides is 1. The second-order valence-electron chi connectivity index (χ2n) is 7.31. The van der Waals surface area contributed by atoms with Crippen LogP contribution in [-0.2, 0) is 14.8 Å². The predicted octanol–water partition coefficient (Wildman–Crippen LogP) is 0.637. The summed E-state index contributed by atoms with van der Waals surface area (Å²) >= 11 is 0. The van der Waals surface area contributed by atoms with Crippen LogP contribution < -0.4 is 10.2 Å². The van der Waals surface area contributed by atoms with Crippen LogP contribution in [0.25, 0.3) is 0 Å². The molecule has 3 rings (SSSR count). The van der Waals surface area contributed by atoms with Crippen molar-refractivity contribution in [2.75, 3.05) is 57.8 Å². The van der Waals surface area contributed by atoms with Crippen molar-refractivity contribution < 1.29 is 18.1 Å². The van der Waals surface area contributed by atoms with Crippen molar-refractivity contribution in [1.82, 2.24) is 14.5 Å². The number of benzene rings is 1. The normalized spacial score (nSPS) is 19.1. The number of nitro groups is 1. The number of piperazine rings is 1. The number of anilines is 1. The zero-order valence-corrected chi connectivity index (χ0v) is 17.4. The van der Waals surface area contributed by atoms with E-state index in [1.54, 1.807) is 7.05 Å². The van der Waals surface area contributed by atoms with Crippen LogP contribution in [0.1, 0.15) is 19.3 Å². The van der Waals surface area contributed by atoms with Gasteiger partial charge in [-0.1, -0.05) is 6.42 Å². The summed E-state index contributed by atoms with van der Waals surface area (Å²) in [5, 5.41) is 14.3. The molecule has 160 valence electrons. The van der Waals surface area contributed by atoms with Gasteiger partial charge >= 0.3 is 0 Å². The maximum Gasteiger partial charge on any atom is 0.293 e. The van der Waals surface area contributed by atoms with Crippen LogP contribution in [0.4, 0.5) is 11.4 Å². The minimum absolute atomic E-state index is 0.0342. The van der Waals surface area contributed by atoms with Crippen LogP contribution in [0.3, 0.4) is 0 Å². The molecule has 1 aromatic carbocycles. The molecule has 0 unspecified atom stereocenters. The molecule has 0 saturated carbocycles. The maximum absolute atomic E-state index is 12.9. The molecule has 1 N–H and O–H groups in total. The Balaban J connectivity index is 1.79. The van der Waals surface area contributed by atoms with Gasteiger partial charge in [0.1, 0.15) is 5.69 Å². The smallest absolute Gasteiger partial charge is 0.293 e. The molecule has 2 saturated heterocycles. The summed E-state index contributed by atoms with van der Waals surface area (Å²) in [6, 6.07) is 4.17. The highest BCUT2D eigenvalue weighted by atomic mass is 32.2. The van der Waals surface area contributed by atoms with Crippen molar-refractivity contribution in [2.45, 2.75) is 24.2 Å². The molecule has 10 nitrogen and oxygen atoms in total. The lowest BCUT2D eigenvalue weighted by molar-refractivity contribution is -0.384. The highest BCUT2D eigenvalue weighted by Gasteiger charge is 2.30. The molecule has 0 aliphatic carbocycles. The molecule has 1 amide bonds. The summed E-state index contributed by atoms with van der Waals surface area (Å²) in [4.78, 5) is 26.5. The van der Waals surface area contributed by atoms with Crippen molar-refractivity contribution in [2.24, 2.45) is 0 Å². The Bertz CT molecular complexity index is 861. The van der Waals surface area contributed by atoms with Crippen LogP contribution in [0.15, 0.2) is 23.1 Å². The van der Waals surface area contributed by atoms with Crippen LogP contribution >= 0.6 is 0 Å². The standard InChI is InChI=1S/C18H27N5O5S/c1-19-18(24)14-20-9-11-21(12-10-20)16-6-5-15(13-17(16)23(25)26)29(27,28)22-7-3-2-4-8-22/h5-6,13H,2-4,7-12,14H2,1H3,(H,19,24). The molecule has 29 heavy (non-hydrogen) atoms. The Morgan fingerprint density at radius 2 is 1.76 bits per heavy atom. The average Bonchev–Trinajstić information content (AvgIpc) is 2.74. The first kappa shape index (κ1) is 21.5. The van der Waals surface area contributed by atoms with Gasteiger partial charge in [0, 0.05) is 52.4 Å². The molecule has 0 radical (unpaired) electrons. The van der Waals surface area contributed by atoms with Crippen molar-refractivity contribution in [3.8, 4) is 0 Å². The van der Waals surface area contributed by atoms with E-state index in [9.17, 15) is 23.3 Å². The first-order valence-corrected chi connectivity index (χ1v) is 11.2. The molecular weight excluding hydrogens is 398 g/mol. The predicted molar refractivity (Wildman–Crippen MR) is 108 cm³/mol. The highest BCUT2D eigenvalue weighted by Crippen LogP contribution is 2.33. The van der Waals surface area contributed by atoms with Crippen molar-refractivity contribution >= 4 is 27.3 Å². The van der Waals surface area contributed by atoms with Crippen molar-refractivity contribution in [3.05, 3.63) is 28.3 Å². The van der Waals surface area contributed by atoms with Gasteiger partial charge in [0.2, 0.25) is 15.9 Å². The minimum atomic E-state index is -3.73. The van der Waals surface area contributed by atoms with Gasteiger partial charge in [0.15, 0.2) is 0 Å². The molecule has 0 bridgehead atoms. The van der Waals surface area contributed by atoms with Crippen LogP contribution in [0.2, 0.25) is 0 Å². The van der Waals surface area contributed by atoms with Gasteiger partial charge in [0.05, 0.1) is 16.4 Å². The SMILES string of the molecule is CNC(=O)CN1CCN(c2ccc(S(=O)(=O)N3CCCCC3)cc2[N+](=O)[O-])CC1. The second-order valence-corrected chi connectivity index (χ2v) is 9.25. The van der Waals surface area contributed by atoms with Gasteiger partial charge < -0.3 is 10.2 Å². The van der Waals surface area contributed by atoms with E-state index in [1.807, 2.05) is 9.80 Å². The molecule has 2 fully saturated rings. The van der Waals surface area contributed by atoms with E-state index in [0.717, 1.165) is 19.3 Å². The average molecular weight is 426 g/mol. The van der Waals surface area contributed by atoms with Crippen molar-refractivity contribution in [3.63, 3.8) is 0 Å². The summed E-state index contributed by atoms with van der Waals surface area (Å²) < 4.78 is 27.1. The quantitative estimate of drug-likeness (QED) is 0.525. The molecule has 1 aromatic rings. The number of nitrogens with one attached hydrogen (secondary N) is 1. The third-order valence-corrected chi connectivity index (χ3v) is 7.35. The Kier molecular flexibility index (Phi) is 6.70. The Hall–Kier alpha value is -2.24. The first-order valence-electron chi connectivity index (χ1n) is 9.79. The zero-order chi connectivity index (χ0) is 21.0. The Labute approximate surface area is 170 Å². The monoisotopic (exact) mass is 425 g/mol. The summed E-state index contributed by atoms with van der Waals surface area (Å²) in [7, 11) is -2.15. The van der Waals surface area contributed by atoms with E-state index < -0.39 is 14.9 Å². The third kappa shape index (κ3) is 4.85. The number of carbonyl (C=O) groups excluding carboxylic acids is 1. The second kappa shape index (κ2) is 9.06. The third-order valence-electron chi connectivity index (χ3n) is 5.46. The first-order chi connectivity index (χ1) is 13.8. The van der Waals surface area contributed by atoms with Crippen LogP contribution in [-0.4, -0.2) is 81.3 Å². The number of carbonyl (C=O) groups is 1. The van der Waals surface area contributed by atoms with Crippen molar-refractivity contribution in [1.29, 1.82) is 0 Å². The molecule has 0 spiro atoms. The van der Waals surface area contributed by atoms with E-state index >= 15 is 0 Å². The fourth-order valence-corrected chi connectivity index (χ4v) is 5.30. The molecule has 2 aliphatic rings. The van der Waals surface area contributed by atoms with Gasteiger partial charge in [0.25, 0.3) is 5.69 Å². The van der Waals surface area contributed by atoms with E-state index in [4.69, 9.17) is 0 Å². The lowest BCUT2D eigenvalue weighted by Crippen LogP contribution is -2.49. The lowest BCUT2D eigenvalue weighted by Gasteiger charge is -2.35. The lowest BCUT2D eigenvalue weighted by atomic mass is 10.2. The molecule has 11 heteroatoms. The summed E-state index contributed by atoms with van der Waals surface area (Å²) in [6.45, 7) is 3.43. The van der Waals surface area contributed by atoms with Gasteiger partial charge in [-0.25, -0.2) is 8.42 Å². The number of piperidine rings is 1. The Morgan fingerprint density at radius 3 is 2.34 bits per heavy atom. The van der Waals surface area contributed by atoms with Gasteiger partial charge in [-0.3, -0.25) is 19.8 Å². The molecule has 0 aromatic heterocycles. The Morgan fingerprint density at radius 1 is 1.10 bits per heavy atom. The summed E-state index contributed by atoms with van der Waals surface area (Å²) in [5.41, 5.74) is 0.204. The maximum atomic E-state index is 12.9. The van der Waals surface area contributed by atoms with Crippen LogP contribution in [0.5, 0.6) is 0 Å². The van der Waals surface area contributed by atoms with E-state index in [0.29, 0.717) is 51.5 Å². The van der Waals surface area contributed by atoms with E-state index in [1.165, 1.54) is 22.5 Å². The zero-order valence-electron chi connectivity index (χ0n) is 16.5. The van der Waals surface area contributed by atoms with Gasteiger partial charge in [-0.15, -0.1) is 0 Å². The van der Waals surface area contributed by atoms with Gasteiger partial charge in [-0.2, -0.15) is 4.31 Å². The minimum Gasteiger partial charge on any atom is -0.363 e. The summed E-state index contributed by atoms with van der Waals surface area (Å²) in [5.74, 6) is -0.0725. The number of hydrogen-bond donors (Lipinski definition) is 1. The van der Waals surface area contributed by atoms with E-state index in [-0.39, 0.29) is 16.5 Å². The molecule has 2 heterocycles. The summed E-state index contributed by atoms with van der Waals surface area (Å²) in [6.07, 6.45) is 2.61. The molecule has 0 atom stereocenters. The van der Waals surface area contributed by atoms with Gasteiger partial charge in [-0.05, 0) is 25.0 Å². The fraction of sp³-hybridized carbons (Fsp3) is 0.611. The number of sulfonamides is 1. The van der Waals surface area contributed by atoms with Crippen LogP contribution in [0, 0.1) is 10.1 Å². The molecular formula is C18H27N5O5S. The fourth-order valence-electron chi connectivity index (χ4n) is 3.76. The molecule has 2 aliphatic heterocycles. The largest absolute Gasteiger partial charge is 0.363 e.